The Morgan fingerprint density at radius 1 is 1.37 bits per heavy atom. The van der Waals surface area contributed by atoms with Crippen molar-refractivity contribution in [3.63, 3.8) is 0 Å². The zero-order chi connectivity index (χ0) is 13.8. The molecule has 0 aromatic carbocycles. The van der Waals surface area contributed by atoms with Crippen LogP contribution in [-0.4, -0.2) is 54.4 Å². The van der Waals surface area contributed by atoms with Crippen molar-refractivity contribution < 1.29 is 19.4 Å². The highest BCUT2D eigenvalue weighted by atomic mass is 16.5. The topological polar surface area (TPSA) is 78.9 Å². The summed E-state index contributed by atoms with van der Waals surface area (Å²) in [4.78, 5) is 24.9. The largest absolute Gasteiger partial charge is 0.481 e. The quantitative estimate of drug-likeness (QED) is 0.782. The number of carboxylic acid groups (broad SMARTS) is 1. The number of nitrogens with zero attached hydrogens (tertiary/aromatic N) is 1. The Morgan fingerprint density at radius 3 is 2.79 bits per heavy atom. The van der Waals surface area contributed by atoms with Crippen LogP contribution in [0.15, 0.2) is 0 Å². The average molecular weight is 270 g/mol. The fourth-order valence-electron chi connectivity index (χ4n) is 2.82. The van der Waals surface area contributed by atoms with E-state index in [-0.39, 0.29) is 18.0 Å². The first-order chi connectivity index (χ1) is 9.06. The van der Waals surface area contributed by atoms with Crippen LogP contribution in [0.2, 0.25) is 0 Å². The molecule has 0 saturated carbocycles. The number of aliphatic carboxylic acids is 1. The number of carbonyl (C=O) groups excluding carboxylic acids is 1. The summed E-state index contributed by atoms with van der Waals surface area (Å²) in [6.07, 6.45) is 2.53. The lowest BCUT2D eigenvalue weighted by atomic mass is 9.91. The Hall–Kier alpha value is -1.30. The molecule has 2 saturated heterocycles. The van der Waals surface area contributed by atoms with E-state index in [1.807, 2.05) is 6.92 Å². The van der Waals surface area contributed by atoms with Crippen molar-refractivity contribution in [1.29, 1.82) is 0 Å². The Bertz CT molecular complexity index is 342. The number of carbonyl (C=O) groups is 2. The number of carboxylic acids is 1. The molecule has 19 heavy (non-hydrogen) atoms. The fourth-order valence-corrected chi connectivity index (χ4v) is 2.82. The highest BCUT2D eigenvalue weighted by Crippen LogP contribution is 2.22. The number of ether oxygens (including phenoxy) is 1. The highest BCUT2D eigenvalue weighted by molar-refractivity contribution is 5.76. The maximum absolute atomic E-state index is 12.1. The number of hydrogen-bond donors (Lipinski definition) is 2. The summed E-state index contributed by atoms with van der Waals surface area (Å²) in [7, 11) is 0. The molecule has 0 spiro atoms. The molecule has 6 heteroatoms. The summed E-state index contributed by atoms with van der Waals surface area (Å²) in [6, 6.07) is -0.102. The number of likely N-dealkylation sites (tertiary alicyclic amines) is 1. The number of hydrogen-bond acceptors (Lipinski definition) is 3. The van der Waals surface area contributed by atoms with Crippen LogP contribution in [0.3, 0.4) is 0 Å². The molecule has 2 rings (SSSR count). The zero-order valence-corrected chi connectivity index (χ0v) is 11.3. The molecule has 2 fully saturated rings. The lowest BCUT2D eigenvalue weighted by Gasteiger charge is -2.36. The third kappa shape index (κ3) is 3.83. The van der Waals surface area contributed by atoms with Gasteiger partial charge in [0.15, 0.2) is 0 Å². The summed E-state index contributed by atoms with van der Waals surface area (Å²) in [6.45, 7) is 4.23. The SMILES string of the molecule is CC1CC(C(=O)O)CN(C(=O)NC2CCCOC2)C1. The van der Waals surface area contributed by atoms with Gasteiger partial charge in [0.05, 0.1) is 18.6 Å². The molecule has 3 atom stereocenters. The van der Waals surface area contributed by atoms with E-state index in [1.54, 1.807) is 4.90 Å². The van der Waals surface area contributed by atoms with Gasteiger partial charge in [-0.3, -0.25) is 4.79 Å². The number of urea groups is 1. The first-order valence-corrected chi connectivity index (χ1v) is 6.92. The van der Waals surface area contributed by atoms with E-state index in [9.17, 15) is 9.59 Å². The molecule has 108 valence electrons. The van der Waals surface area contributed by atoms with Gasteiger partial charge in [-0.2, -0.15) is 0 Å². The van der Waals surface area contributed by atoms with E-state index in [2.05, 4.69) is 5.32 Å². The first kappa shape index (κ1) is 14.1. The van der Waals surface area contributed by atoms with Crippen molar-refractivity contribution in [2.75, 3.05) is 26.3 Å². The Kier molecular flexibility index (Phi) is 4.63. The molecule has 0 aliphatic carbocycles. The molecular weight excluding hydrogens is 248 g/mol. The molecule has 3 unspecified atom stereocenters. The second-order valence-corrected chi connectivity index (χ2v) is 5.64. The van der Waals surface area contributed by atoms with Gasteiger partial charge in [0.1, 0.15) is 0 Å². The average Bonchev–Trinajstić information content (AvgIpc) is 2.39. The van der Waals surface area contributed by atoms with Crippen LogP contribution < -0.4 is 5.32 Å². The minimum Gasteiger partial charge on any atom is -0.481 e. The van der Waals surface area contributed by atoms with E-state index >= 15 is 0 Å². The smallest absolute Gasteiger partial charge is 0.317 e. The van der Waals surface area contributed by atoms with Crippen LogP contribution in [-0.2, 0) is 9.53 Å². The van der Waals surface area contributed by atoms with Crippen molar-refractivity contribution in [2.24, 2.45) is 11.8 Å². The molecule has 2 aliphatic heterocycles. The van der Waals surface area contributed by atoms with Crippen LogP contribution in [0.1, 0.15) is 26.2 Å². The molecule has 0 radical (unpaired) electrons. The predicted molar refractivity (Wildman–Crippen MR) is 68.9 cm³/mol. The van der Waals surface area contributed by atoms with Crippen LogP contribution in [0, 0.1) is 11.8 Å². The van der Waals surface area contributed by atoms with E-state index in [4.69, 9.17) is 9.84 Å². The summed E-state index contributed by atoms with van der Waals surface area (Å²) in [5.74, 6) is -1.04. The van der Waals surface area contributed by atoms with E-state index in [0.29, 0.717) is 26.1 Å². The maximum atomic E-state index is 12.1. The number of piperidine rings is 1. The van der Waals surface area contributed by atoms with E-state index in [0.717, 1.165) is 19.4 Å². The second-order valence-electron chi connectivity index (χ2n) is 5.64. The number of rotatable bonds is 2. The molecule has 6 nitrogen and oxygen atoms in total. The Balaban J connectivity index is 1.88. The Morgan fingerprint density at radius 2 is 2.16 bits per heavy atom. The molecular formula is C13H22N2O4. The van der Waals surface area contributed by atoms with Gasteiger partial charge in [-0.25, -0.2) is 4.79 Å². The third-order valence-electron chi connectivity index (χ3n) is 3.78. The molecule has 0 aromatic rings. The summed E-state index contributed by atoms with van der Waals surface area (Å²) < 4.78 is 5.32. The normalized spacial score (nSPS) is 31.8. The maximum Gasteiger partial charge on any atom is 0.317 e. The van der Waals surface area contributed by atoms with Crippen LogP contribution in [0.5, 0.6) is 0 Å². The van der Waals surface area contributed by atoms with Gasteiger partial charge in [-0.15, -0.1) is 0 Å². The van der Waals surface area contributed by atoms with Gasteiger partial charge in [-0.05, 0) is 25.2 Å². The second kappa shape index (κ2) is 6.23. The van der Waals surface area contributed by atoms with Crippen molar-refractivity contribution >= 4 is 12.0 Å². The highest BCUT2D eigenvalue weighted by Gasteiger charge is 2.32. The van der Waals surface area contributed by atoms with Gasteiger partial charge in [0.25, 0.3) is 0 Å². The predicted octanol–water partition coefficient (Wildman–Crippen LogP) is 0.918. The van der Waals surface area contributed by atoms with Gasteiger partial charge < -0.3 is 20.1 Å². The monoisotopic (exact) mass is 270 g/mol. The zero-order valence-electron chi connectivity index (χ0n) is 11.3. The van der Waals surface area contributed by atoms with E-state index in [1.165, 1.54) is 0 Å². The number of amides is 2. The van der Waals surface area contributed by atoms with Crippen LogP contribution >= 0.6 is 0 Å². The minimum atomic E-state index is -0.814. The van der Waals surface area contributed by atoms with Crippen LogP contribution in [0.25, 0.3) is 0 Å². The van der Waals surface area contributed by atoms with Gasteiger partial charge in [-0.1, -0.05) is 6.92 Å². The van der Waals surface area contributed by atoms with Crippen molar-refractivity contribution in [3.05, 3.63) is 0 Å². The minimum absolute atomic E-state index is 0.0572. The fraction of sp³-hybridized carbons (Fsp3) is 0.846. The van der Waals surface area contributed by atoms with Crippen molar-refractivity contribution in [2.45, 2.75) is 32.2 Å². The molecule has 2 amide bonds. The number of nitrogens with one attached hydrogen (secondary N) is 1. The Labute approximate surface area is 113 Å². The van der Waals surface area contributed by atoms with E-state index < -0.39 is 11.9 Å². The summed E-state index contributed by atoms with van der Waals surface area (Å²) in [5, 5.41) is 12.0. The molecule has 2 heterocycles. The lowest BCUT2D eigenvalue weighted by molar-refractivity contribution is -0.143. The van der Waals surface area contributed by atoms with Crippen LogP contribution in [0.4, 0.5) is 4.79 Å². The van der Waals surface area contributed by atoms with Gasteiger partial charge >= 0.3 is 12.0 Å². The first-order valence-electron chi connectivity index (χ1n) is 6.92. The van der Waals surface area contributed by atoms with Crippen molar-refractivity contribution in [1.82, 2.24) is 10.2 Å². The van der Waals surface area contributed by atoms with Gasteiger partial charge in [0.2, 0.25) is 0 Å². The molecule has 0 aromatic heterocycles. The molecule has 0 bridgehead atoms. The lowest BCUT2D eigenvalue weighted by Crippen LogP contribution is -2.53. The summed E-state index contributed by atoms with van der Waals surface area (Å²) in [5.41, 5.74) is 0. The molecule has 2 aliphatic rings. The van der Waals surface area contributed by atoms with Crippen molar-refractivity contribution in [3.8, 4) is 0 Å². The summed E-state index contributed by atoms with van der Waals surface area (Å²) >= 11 is 0. The third-order valence-corrected chi connectivity index (χ3v) is 3.78. The molecule has 2 N–H and O–H groups in total. The standard InChI is InChI=1S/C13H22N2O4/c1-9-5-10(12(16)17)7-15(6-9)13(18)14-11-3-2-4-19-8-11/h9-11H,2-8H2,1H3,(H,14,18)(H,16,17). The van der Waals surface area contributed by atoms with Gasteiger partial charge in [0, 0.05) is 19.7 Å².